The molecule has 2 aromatic rings. The highest BCUT2D eigenvalue weighted by Gasteiger charge is 2.35. The van der Waals surface area contributed by atoms with Crippen LogP contribution in [0.5, 0.6) is 0 Å². The van der Waals surface area contributed by atoms with Crippen LogP contribution in [-0.4, -0.2) is 69.3 Å². The predicted molar refractivity (Wildman–Crippen MR) is 107 cm³/mol. The summed E-state index contributed by atoms with van der Waals surface area (Å²) in [6.07, 6.45) is 0. The van der Waals surface area contributed by atoms with Gasteiger partial charge in [0.2, 0.25) is 26.0 Å². The van der Waals surface area contributed by atoms with Crippen LogP contribution >= 0.6 is 0 Å². The lowest BCUT2D eigenvalue weighted by atomic mass is 10.2. The Morgan fingerprint density at radius 1 is 1.12 bits per heavy atom. The zero-order valence-electron chi connectivity index (χ0n) is 17.5. The zero-order chi connectivity index (χ0) is 23.8. The third-order valence-corrected chi connectivity index (χ3v) is 8.72. The maximum absolute atomic E-state index is 14.0. The summed E-state index contributed by atoms with van der Waals surface area (Å²) in [4.78, 5) is 13.2. The van der Waals surface area contributed by atoms with Crippen molar-refractivity contribution in [3.05, 3.63) is 41.3 Å². The normalized spacial score (nSPS) is 16.8. The predicted octanol–water partition coefficient (Wildman–Crippen LogP) is 0.770. The van der Waals surface area contributed by atoms with Crippen molar-refractivity contribution in [2.75, 3.05) is 26.2 Å². The molecule has 10 nitrogen and oxygen atoms in total. The molecule has 1 fully saturated rings. The molecule has 1 saturated heterocycles. The van der Waals surface area contributed by atoms with Crippen molar-refractivity contribution in [3.8, 4) is 0 Å². The molecule has 32 heavy (non-hydrogen) atoms. The van der Waals surface area contributed by atoms with Gasteiger partial charge in [-0.2, -0.15) is 9.03 Å². The number of sulfonamides is 2. The molecule has 1 aromatic carbocycles. The Kier molecular flexibility index (Phi) is 6.70. The molecule has 176 valence electrons. The number of carbonyl (C=O) groups excluding carboxylic acids is 1. The van der Waals surface area contributed by atoms with Gasteiger partial charge >= 0.3 is 0 Å². The zero-order valence-corrected chi connectivity index (χ0v) is 19.1. The van der Waals surface area contributed by atoms with E-state index >= 15 is 0 Å². The molecule has 0 aliphatic carbocycles. The first-order valence-corrected chi connectivity index (χ1v) is 12.5. The number of aromatic nitrogens is 1. The van der Waals surface area contributed by atoms with Gasteiger partial charge in [0.25, 0.3) is 0 Å². The van der Waals surface area contributed by atoms with Crippen molar-refractivity contribution >= 4 is 26.0 Å². The third kappa shape index (κ3) is 4.67. The number of hydrogen-bond acceptors (Lipinski definition) is 7. The van der Waals surface area contributed by atoms with Crippen LogP contribution in [0.3, 0.4) is 0 Å². The van der Waals surface area contributed by atoms with E-state index in [4.69, 9.17) is 4.52 Å². The Labute approximate surface area is 184 Å². The van der Waals surface area contributed by atoms with E-state index in [-0.39, 0.29) is 42.5 Å². The molecule has 1 atom stereocenters. The van der Waals surface area contributed by atoms with Crippen molar-refractivity contribution in [1.82, 2.24) is 19.1 Å². The summed E-state index contributed by atoms with van der Waals surface area (Å²) in [5.74, 6) is -2.57. The van der Waals surface area contributed by atoms with Gasteiger partial charge in [-0.05, 0) is 32.9 Å². The van der Waals surface area contributed by atoms with E-state index in [0.29, 0.717) is 6.07 Å². The van der Waals surface area contributed by atoms with E-state index in [0.717, 1.165) is 16.4 Å². The molecule has 0 unspecified atom stereocenters. The number of halogens is 2. The van der Waals surface area contributed by atoms with Gasteiger partial charge in [-0.3, -0.25) is 4.79 Å². The number of benzene rings is 1. The minimum absolute atomic E-state index is 0.0295. The number of hydrogen-bond donors (Lipinski definition) is 1. The quantitative estimate of drug-likeness (QED) is 0.630. The van der Waals surface area contributed by atoms with E-state index < -0.39 is 48.5 Å². The first-order valence-electron chi connectivity index (χ1n) is 9.54. The van der Waals surface area contributed by atoms with E-state index in [1.54, 1.807) is 0 Å². The van der Waals surface area contributed by atoms with Gasteiger partial charge in [-0.15, -0.1) is 0 Å². The van der Waals surface area contributed by atoms with Crippen LogP contribution < -0.4 is 4.72 Å². The average molecular weight is 493 g/mol. The summed E-state index contributed by atoms with van der Waals surface area (Å²) in [7, 11) is -8.29. The molecule has 2 heterocycles. The van der Waals surface area contributed by atoms with Crippen LogP contribution in [0.25, 0.3) is 0 Å². The van der Waals surface area contributed by atoms with E-state index in [1.807, 2.05) is 0 Å². The van der Waals surface area contributed by atoms with Gasteiger partial charge in [-0.25, -0.2) is 25.6 Å². The van der Waals surface area contributed by atoms with Crippen LogP contribution in [0.1, 0.15) is 18.4 Å². The maximum Gasteiger partial charge on any atom is 0.246 e. The Balaban J connectivity index is 1.66. The van der Waals surface area contributed by atoms with Crippen LogP contribution in [0, 0.1) is 25.5 Å². The van der Waals surface area contributed by atoms with Crippen LogP contribution in [0.15, 0.2) is 32.5 Å². The number of nitrogens with zero attached hydrogens (tertiary/aromatic N) is 3. The largest absolute Gasteiger partial charge is 0.360 e. The molecule has 0 bridgehead atoms. The smallest absolute Gasteiger partial charge is 0.246 e. The second kappa shape index (κ2) is 8.84. The minimum atomic E-state index is -4.22. The minimum Gasteiger partial charge on any atom is -0.360 e. The molecule has 0 saturated carbocycles. The highest BCUT2D eigenvalue weighted by Crippen LogP contribution is 2.22. The van der Waals surface area contributed by atoms with E-state index in [9.17, 15) is 30.4 Å². The lowest BCUT2D eigenvalue weighted by Gasteiger charge is -2.35. The molecule has 3 rings (SSSR count). The summed E-state index contributed by atoms with van der Waals surface area (Å²) in [6.45, 7) is 3.94. The molecule has 0 spiro atoms. The van der Waals surface area contributed by atoms with Crippen molar-refractivity contribution < 1.29 is 34.9 Å². The summed E-state index contributed by atoms with van der Waals surface area (Å²) < 4.78 is 85.7. The second-order valence-corrected chi connectivity index (χ2v) is 10.9. The maximum atomic E-state index is 14.0. The highest BCUT2D eigenvalue weighted by atomic mass is 32.2. The molecule has 1 aromatic heterocycles. The summed E-state index contributed by atoms with van der Waals surface area (Å²) >= 11 is 0. The van der Waals surface area contributed by atoms with Crippen molar-refractivity contribution in [2.24, 2.45) is 0 Å². The highest BCUT2D eigenvalue weighted by molar-refractivity contribution is 7.89. The number of rotatable bonds is 6. The SMILES string of the molecule is Cc1noc(C)c1S(=O)(=O)N[C@@H](C)C(=O)N1CCN(S(=O)(=O)c2ccc(F)cc2F)CC1. The van der Waals surface area contributed by atoms with Gasteiger partial charge in [0.15, 0.2) is 5.76 Å². The first kappa shape index (κ1) is 24.2. The van der Waals surface area contributed by atoms with Gasteiger partial charge in [0, 0.05) is 32.2 Å². The van der Waals surface area contributed by atoms with Crippen molar-refractivity contribution in [2.45, 2.75) is 36.6 Å². The number of carbonyl (C=O) groups is 1. The second-order valence-electron chi connectivity index (χ2n) is 7.30. The lowest BCUT2D eigenvalue weighted by Crippen LogP contribution is -2.55. The molecule has 0 radical (unpaired) electrons. The fraction of sp³-hybridized carbons (Fsp3) is 0.444. The van der Waals surface area contributed by atoms with E-state index in [2.05, 4.69) is 9.88 Å². The van der Waals surface area contributed by atoms with Crippen LogP contribution in [-0.2, 0) is 24.8 Å². The molecule has 14 heteroatoms. The Morgan fingerprint density at radius 3 is 2.28 bits per heavy atom. The molecule has 1 aliphatic heterocycles. The molecule has 1 N–H and O–H groups in total. The van der Waals surface area contributed by atoms with Crippen LogP contribution in [0.4, 0.5) is 8.78 Å². The third-order valence-electron chi connectivity index (χ3n) is 5.00. The van der Waals surface area contributed by atoms with Gasteiger partial charge in [0.1, 0.15) is 27.1 Å². The monoisotopic (exact) mass is 492 g/mol. The van der Waals surface area contributed by atoms with Crippen molar-refractivity contribution in [3.63, 3.8) is 0 Å². The fourth-order valence-corrected chi connectivity index (χ4v) is 6.44. The van der Waals surface area contributed by atoms with E-state index in [1.165, 1.54) is 25.7 Å². The van der Waals surface area contributed by atoms with Crippen molar-refractivity contribution in [1.29, 1.82) is 0 Å². The molecular formula is C18H22F2N4O6S2. The van der Waals surface area contributed by atoms with Gasteiger partial charge in [0.05, 0.1) is 6.04 Å². The molecule has 1 amide bonds. The summed E-state index contributed by atoms with van der Waals surface area (Å²) in [5.41, 5.74) is 0.154. The van der Waals surface area contributed by atoms with Gasteiger partial charge in [-0.1, -0.05) is 5.16 Å². The number of piperazine rings is 1. The first-order chi connectivity index (χ1) is 14.8. The number of aryl methyl sites for hydroxylation is 2. The average Bonchev–Trinajstić information content (AvgIpc) is 3.05. The number of nitrogens with one attached hydrogen (secondary N) is 1. The van der Waals surface area contributed by atoms with Gasteiger partial charge < -0.3 is 9.42 Å². The topological polar surface area (TPSA) is 130 Å². The molecular weight excluding hydrogens is 470 g/mol. The van der Waals surface area contributed by atoms with Crippen LogP contribution in [0.2, 0.25) is 0 Å². The summed E-state index contributed by atoms with van der Waals surface area (Å²) in [6, 6.07) is 1.05. The standard InChI is InChI=1S/C18H22F2N4O6S2/c1-11-17(13(3)30-21-11)31(26,27)22-12(2)18(25)23-6-8-24(9-7-23)32(28,29)16-5-4-14(19)10-15(16)20/h4-5,10,12,22H,6-9H2,1-3H3/t12-/m0/s1. The fourth-order valence-electron chi connectivity index (χ4n) is 3.45. The Bertz CT molecular complexity index is 1220. The lowest BCUT2D eigenvalue weighted by molar-refractivity contribution is -0.133. The number of amides is 1. The summed E-state index contributed by atoms with van der Waals surface area (Å²) in [5, 5.41) is 3.59. The Hall–Kier alpha value is -2.42. The molecule has 1 aliphatic rings. The Morgan fingerprint density at radius 2 is 1.75 bits per heavy atom.